The summed E-state index contributed by atoms with van der Waals surface area (Å²) in [6, 6.07) is 0. The van der Waals surface area contributed by atoms with Gasteiger partial charge in [0.1, 0.15) is 0 Å². The van der Waals surface area contributed by atoms with Crippen molar-refractivity contribution in [1.82, 2.24) is 10.2 Å². The fourth-order valence-electron chi connectivity index (χ4n) is 3.07. The van der Waals surface area contributed by atoms with Crippen molar-refractivity contribution in [3.63, 3.8) is 0 Å². The van der Waals surface area contributed by atoms with Crippen molar-refractivity contribution >= 4 is 15.9 Å². The molecule has 2 N–H and O–H groups in total. The zero-order chi connectivity index (χ0) is 14.6. The monoisotopic (exact) mass is 304 g/mol. The molecule has 6 nitrogen and oxygen atoms in total. The molecule has 0 aromatic carbocycles. The molecule has 0 radical (unpaired) electrons. The highest BCUT2D eigenvalue weighted by molar-refractivity contribution is 7.92. The number of nitrogens with one attached hydrogen (secondary N) is 1. The lowest BCUT2D eigenvalue weighted by Gasteiger charge is -2.30. The highest BCUT2D eigenvalue weighted by atomic mass is 32.2. The Labute approximate surface area is 120 Å². The maximum atomic E-state index is 12.3. The Morgan fingerprint density at radius 2 is 1.75 bits per heavy atom. The quantitative estimate of drug-likeness (QED) is 0.807. The maximum absolute atomic E-state index is 12.3. The van der Waals surface area contributed by atoms with Gasteiger partial charge < -0.3 is 15.3 Å². The molecule has 20 heavy (non-hydrogen) atoms. The summed E-state index contributed by atoms with van der Waals surface area (Å²) in [4.78, 5) is 12.1. The first-order chi connectivity index (χ1) is 9.49. The van der Waals surface area contributed by atoms with E-state index in [4.69, 9.17) is 5.11 Å². The lowest BCUT2D eigenvalue weighted by Crippen LogP contribution is -2.42. The predicted octanol–water partition coefficient (Wildman–Crippen LogP) is 0.933. The first kappa shape index (κ1) is 15.6. The minimum Gasteiger partial charge on any atom is -0.465 e. The molecule has 7 heteroatoms. The van der Waals surface area contributed by atoms with Crippen LogP contribution in [0.15, 0.2) is 0 Å². The summed E-state index contributed by atoms with van der Waals surface area (Å²) in [5.74, 6) is 0.778. The van der Waals surface area contributed by atoms with Gasteiger partial charge >= 0.3 is 6.09 Å². The van der Waals surface area contributed by atoms with Gasteiger partial charge in [0.15, 0.2) is 9.84 Å². The zero-order valence-corrected chi connectivity index (χ0v) is 12.6. The SMILES string of the molecule is O=C(O)N1CCC(S(=O)(=O)CCC2CCNCC2)CC1. The van der Waals surface area contributed by atoms with Crippen LogP contribution in [-0.2, 0) is 9.84 Å². The Bertz CT molecular complexity index is 424. The fraction of sp³-hybridized carbons (Fsp3) is 0.923. The van der Waals surface area contributed by atoms with Gasteiger partial charge in [-0.15, -0.1) is 0 Å². The van der Waals surface area contributed by atoms with Gasteiger partial charge in [0.2, 0.25) is 0 Å². The molecule has 0 bridgehead atoms. The van der Waals surface area contributed by atoms with Crippen LogP contribution in [0.5, 0.6) is 0 Å². The number of likely N-dealkylation sites (tertiary alicyclic amines) is 1. The Morgan fingerprint density at radius 1 is 1.15 bits per heavy atom. The van der Waals surface area contributed by atoms with E-state index in [2.05, 4.69) is 5.32 Å². The number of nitrogens with zero attached hydrogens (tertiary/aromatic N) is 1. The molecule has 2 heterocycles. The standard InChI is InChI=1S/C13H24N2O4S/c16-13(17)15-8-3-12(4-9-15)20(18,19)10-5-11-1-6-14-7-2-11/h11-12,14H,1-10H2,(H,16,17). The van der Waals surface area contributed by atoms with E-state index in [0.717, 1.165) is 32.4 Å². The Morgan fingerprint density at radius 3 is 2.30 bits per heavy atom. The molecular weight excluding hydrogens is 280 g/mol. The van der Waals surface area contributed by atoms with E-state index in [1.807, 2.05) is 0 Å². The van der Waals surface area contributed by atoms with E-state index in [1.165, 1.54) is 4.90 Å². The topological polar surface area (TPSA) is 86.7 Å². The number of sulfone groups is 1. The summed E-state index contributed by atoms with van der Waals surface area (Å²) in [5.41, 5.74) is 0. The predicted molar refractivity (Wildman–Crippen MR) is 76.6 cm³/mol. The fourth-order valence-corrected chi connectivity index (χ4v) is 5.00. The molecule has 0 unspecified atom stereocenters. The Kier molecular flexibility index (Phi) is 5.26. The van der Waals surface area contributed by atoms with Crippen molar-refractivity contribution in [2.75, 3.05) is 31.9 Å². The van der Waals surface area contributed by atoms with E-state index in [9.17, 15) is 13.2 Å². The minimum atomic E-state index is -3.07. The van der Waals surface area contributed by atoms with Crippen molar-refractivity contribution in [2.45, 2.75) is 37.4 Å². The molecule has 2 aliphatic heterocycles. The third-order valence-corrected chi connectivity index (χ3v) is 6.78. The second-order valence-corrected chi connectivity index (χ2v) is 8.22. The van der Waals surface area contributed by atoms with Gasteiger partial charge in [-0.05, 0) is 51.1 Å². The summed E-state index contributed by atoms with van der Waals surface area (Å²) < 4.78 is 24.6. The van der Waals surface area contributed by atoms with E-state index in [0.29, 0.717) is 31.8 Å². The van der Waals surface area contributed by atoms with Crippen molar-refractivity contribution < 1.29 is 18.3 Å². The molecule has 0 aromatic heterocycles. The molecule has 0 aromatic rings. The maximum Gasteiger partial charge on any atom is 0.407 e. The molecule has 0 aliphatic carbocycles. The molecule has 0 spiro atoms. The Balaban J connectivity index is 1.80. The van der Waals surface area contributed by atoms with Crippen LogP contribution in [0.2, 0.25) is 0 Å². The molecule has 0 atom stereocenters. The second kappa shape index (κ2) is 6.76. The molecule has 2 saturated heterocycles. The van der Waals surface area contributed by atoms with Gasteiger partial charge in [0, 0.05) is 13.1 Å². The first-order valence-corrected chi connectivity index (χ1v) is 9.11. The molecule has 2 rings (SSSR count). The zero-order valence-electron chi connectivity index (χ0n) is 11.8. The third kappa shape index (κ3) is 4.09. The first-order valence-electron chi connectivity index (χ1n) is 7.39. The smallest absolute Gasteiger partial charge is 0.407 e. The van der Waals surface area contributed by atoms with Crippen molar-refractivity contribution in [3.05, 3.63) is 0 Å². The lowest BCUT2D eigenvalue weighted by molar-refractivity contribution is 0.136. The van der Waals surface area contributed by atoms with Crippen LogP contribution in [0.1, 0.15) is 32.1 Å². The molecule has 2 aliphatic rings. The van der Waals surface area contributed by atoms with Crippen molar-refractivity contribution in [3.8, 4) is 0 Å². The largest absolute Gasteiger partial charge is 0.465 e. The minimum absolute atomic E-state index is 0.259. The average Bonchev–Trinajstić information content (AvgIpc) is 2.46. The van der Waals surface area contributed by atoms with Gasteiger partial charge in [-0.2, -0.15) is 0 Å². The van der Waals surface area contributed by atoms with E-state index in [1.54, 1.807) is 0 Å². The number of amides is 1. The number of piperidine rings is 2. The number of hydrogen-bond acceptors (Lipinski definition) is 4. The Hall–Kier alpha value is -0.820. The van der Waals surface area contributed by atoms with Gasteiger partial charge in [0.25, 0.3) is 0 Å². The van der Waals surface area contributed by atoms with Crippen LogP contribution in [0.3, 0.4) is 0 Å². The highest BCUT2D eigenvalue weighted by Crippen LogP contribution is 2.22. The third-order valence-electron chi connectivity index (χ3n) is 4.49. The number of carboxylic acid groups (broad SMARTS) is 1. The van der Waals surface area contributed by atoms with Gasteiger partial charge in [-0.3, -0.25) is 0 Å². The van der Waals surface area contributed by atoms with Gasteiger partial charge in [0.05, 0.1) is 11.0 Å². The lowest BCUT2D eigenvalue weighted by atomic mass is 9.96. The summed E-state index contributed by atoms with van der Waals surface area (Å²) in [6.07, 6.45) is 2.82. The van der Waals surface area contributed by atoms with Gasteiger partial charge in [-0.25, -0.2) is 13.2 Å². The van der Waals surface area contributed by atoms with E-state index < -0.39 is 15.9 Å². The number of hydrogen-bond donors (Lipinski definition) is 2. The molecular formula is C13H24N2O4S. The van der Waals surface area contributed by atoms with Crippen molar-refractivity contribution in [1.29, 1.82) is 0 Å². The van der Waals surface area contributed by atoms with E-state index in [-0.39, 0.29) is 11.0 Å². The summed E-state index contributed by atoms with van der Waals surface area (Å²) in [5, 5.41) is 11.8. The molecule has 1 amide bonds. The van der Waals surface area contributed by atoms with Crippen LogP contribution in [0.4, 0.5) is 4.79 Å². The number of rotatable bonds is 4. The summed E-state index contributed by atoms with van der Waals surface area (Å²) >= 11 is 0. The molecule has 2 fully saturated rings. The van der Waals surface area contributed by atoms with E-state index >= 15 is 0 Å². The van der Waals surface area contributed by atoms with Crippen LogP contribution in [-0.4, -0.2) is 61.7 Å². The van der Waals surface area contributed by atoms with Crippen LogP contribution in [0.25, 0.3) is 0 Å². The van der Waals surface area contributed by atoms with Crippen LogP contribution < -0.4 is 5.32 Å². The molecule has 116 valence electrons. The average molecular weight is 304 g/mol. The highest BCUT2D eigenvalue weighted by Gasteiger charge is 2.31. The second-order valence-electron chi connectivity index (χ2n) is 5.82. The van der Waals surface area contributed by atoms with Crippen LogP contribution in [0, 0.1) is 5.92 Å². The number of carbonyl (C=O) groups is 1. The molecule has 0 saturated carbocycles. The summed E-state index contributed by atoms with van der Waals surface area (Å²) in [6.45, 7) is 2.66. The summed E-state index contributed by atoms with van der Waals surface area (Å²) in [7, 11) is -3.07. The van der Waals surface area contributed by atoms with Crippen LogP contribution >= 0.6 is 0 Å². The normalized spacial score (nSPS) is 22.9. The van der Waals surface area contributed by atoms with Gasteiger partial charge in [-0.1, -0.05) is 0 Å². The van der Waals surface area contributed by atoms with Crippen molar-refractivity contribution in [2.24, 2.45) is 5.92 Å².